The minimum Gasteiger partial charge on any atom is -0.391 e. The summed E-state index contributed by atoms with van der Waals surface area (Å²) < 4.78 is 0. The molecule has 2 fully saturated rings. The quantitative estimate of drug-likeness (QED) is 0.479. The summed E-state index contributed by atoms with van der Waals surface area (Å²) in [5, 5.41) is 17.2. The lowest BCUT2D eigenvalue weighted by atomic mass is 9.72. The summed E-state index contributed by atoms with van der Waals surface area (Å²) >= 11 is 1.50. The summed E-state index contributed by atoms with van der Waals surface area (Å²) in [6, 6.07) is 7.35. The van der Waals surface area contributed by atoms with Crippen LogP contribution in [0.1, 0.15) is 84.0 Å². The molecule has 0 aromatic heterocycles. The number of amides is 2. The zero-order chi connectivity index (χ0) is 25.8. The molecule has 6 nitrogen and oxygen atoms in total. The third-order valence-electron chi connectivity index (χ3n) is 6.80. The van der Waals surface area contributed by atoms with Crippen LogP contribution in [0.4, 0.5) is 0 Å². The fraction of sp³-hybridized carbons (Fsp3) is 0.714. The van der Waals surface area contributed by atoms with Gasteiger partial charge in [-0.15, -0.1) is 11.8 Å². The largest absolute Gasteiger partial charge is 0.391 e. The molecule has 1 saturated carbocycles. The summed E-state index contributed by atoms with van der Waals surface area (Å²) in [4.78, 5) is 29.1. The zero-order valence-corrected chi connectivity index (χ0v) is 23.2. The van der Waals surface area contributed by atoms with Crippen molar-refractivity contribution in [2.24, 2.45) is 11.8 Å². The monoisotopic (exact) mass is 503 g/mol. The fourth-order valence-corrected chi connectivity index (χ4v) is 6.29. The van der Waals surface area contributed by atoms with Crippen molar-refractivity contribution in [3.63, 3.8) is 0 Å². The number of nitrogens with zero attached hydrogens (tertiary/aromatic N) is 1. The van der Waals surface area contributed by atoms with Crippen LogP contribution in [-0.4, -0.2) is 63.9 Å². The molecule has 7 heteroatoms. The zero-order valence-electron chi connectivity index (χ0n) is 22.4. The van der Waals surface area contributed by atoms with Crippen LogP contribution in [0.2, 0.25) is 0 Å². The number of β-amino-alcohol motifs (C(OH)–C–C–N with tert-alkyl or cyclic N) is 1. The molecule has 1 aromatic rings. The first kappa shape index (κ1) is 28.0. The van der Waals surface area contributed by atoms with Crippen LogP contribution >= 0.6 is 11.8 Å². The molecule has 0 bridgehead atoms. The Hall–Kier alpha value is -1.57. The van der Waals surface area contributed by atoms with E-state index in [2.05, 4.69) is 15.5 Å². The number of carbonyl (C=O) groups excluding carboxylic acids is 2. The SMILES string of the molecule is CC(C)(C)NC(=O)c1ccccc1SCC(O)CN1C[C@H]2CCCC[C@H]2C[C@H]1C(=O)NC(C)(C)C. The van der Waals surface area contributed by atoms with Gasteiger partial charge >= 0.3 is 0 Å². The highest BCUT2D eigenvalue weighted by molar-refractivity contribution is 7.99. The number of carbonyl (C=O) groups is 2. The molecule has 3 rings (SSSR count). The Morgan fingerprint density at radius 3 is 2.31 bits per heavy atom. The van der Waals surface area contributed by atoms with Gasteiger partial charge in [-0.05, 0) is 78.4 Å². The van der Waals surface area contributed by atoms with Crippen LogP contribution in [0.3, 0.4) is 0 Å². The first-order valence-corrected chi connectivity index (χ1v) is 14.1. The molecule has 1 saturated heterocycles. The molecule has 1 aliphatic heterocycles. The highest BCUT2D eigenvalue weighted by atomic mass is 32.2. The van der Waals surface area contributed by atoms with Crippen molar-refractivity contribution in [1.29, 1.82) is 0 Å². The van der Waals surface area contributed by atoms with Crippen LogP contribution in [0.5, 0.6) is 0 Å². The Labute approximate surface area is 216 Å². The van der Waals surface area contributed by atoms with E-state index in [1.165, 1.54) is 37.4 Å². The molecule has 1 aliphatic carbocycles. The standard InChI is InChI=1S/C28H45N3O3S/c1-27(2,3)29-25(33)22-13-9-10-14-24(22)35-18-21(32)17-31-16-20-12-8-7-11-19(20)15-23(31)26(34)30-28(4,5)6/h9-10,13-14,19-21,23,32H,7-8,11-12,15-18H2,1-6H3,(H,29,33)(H,30,34)/t19-,20+,21?,23-/m0/s1. The predicted molar refractivity (Wildman–Crippen MR) is 144 cm³/mol. The van der Waals surface area contributed by atoms with E-state index in [-0.39, 0.29) is 28.9 Å². The lowest BCUT2D eigenvalue weighted by Gasteiger charge is -2.46. The minimum absolute atomic E-state index is 0.0746. The Kier molecular flexibility index (Phi) is 9.33. The number of aliphatic hydroxyl groups is 1. The summed E-state index contributed by atoms with van der Waals surface area (Å²) in [5.74, 6) is 1.66. The van der Waals surface area contributed by atoms with Crippen LogP contribution in [0, 0.1) is 11.8 Å². The van der Waals surface area contributed by atoms with E-state index in [4.69, 9.17) is 0 Å². The van der Waals surface area contributed by atoms with Gasteiger partial charge in [0.05, 0.1) is 17.7 Å². The maximum atomic E-state index is 13.2. The van der Waals surface area contributed by atoms with Gasteiger partial charge in [-0.1, -0.05) is 31.4 Å². The minimum atomic E-state index is -0.594. The highest BCUT2D eigenvalue weighted by Crippen LogP contribution is 2.39. The molecule has 0 spiro atoms. The van der Waals surface area contributed by atoms with Gasteiger partial charge in [0.2, 0.25) is 5.91 Å². The van der Waals surface area contributed by atoms with E-state index in [1.807, 2.05) is 65.8 Å². The van der Waals surface area contributed by atoms with Crippen molar-refractivity contribution < 1.29 is 14.7 Å². The second-order valence-corrected chi connectivity index (χ2v) is 13.5. The van der Waals surface area contributed by atoms with Crippen LogP contribution in [0.15, 0.2) is 29.2 Å². The molecule has 1 heterocycles. The molecule has 2 amide bonds. The molecule has 35 heavy (non-hydrogen) atoms. The third-order valence-corrected chi connectivity index (χ3v) is 8.02. The Bertz CT molecular complexity index is 877. The molecule has 196 valence electrons. The average Bonchev–Trinajstić information content (AvgIpc) is 2.75. The summed E-state index contributed by atoms with van der Waals surface area (Å²) in [5.41, 5.74) is 0.0327. The van der Waals surface area contributed by atoms with Gasteiger partial charge in [0.1, 0.15) is 0 Å². The molecular formula is C28H45N3O3S. The number of thioether (sulfide) groups is 1. The highest BCUT2D eigenvalue weighted by Gasteiger charge is 2.41. The molecule has 4 atom stereocenters. The number of fused-ring (bicyclic) bond motifs is 1. The van der Waals surface area contributed by atoms with E-state index >= 15 is 0 Å². The smallest absolute Gasteiger partial charge is 0.252 e. The molecule has 1 unspecified atom stereocenters. The Morgan fingerprint density at radius 1 is 1.03 bits per heavy atom. The van der Waals surface area contributed by atoms with Gasteiger partial charge in [-0.2, -0.15) is 0 Å². The van der Waals surface area contributed by atoms with Crippen molar-refractivity contribution in [3.05, 3.63) is 29.8 Å². The number of piperidine rings is 1. The fourth-order valence-electron chi connectivity index (χ4n) is 5.32. The lowest BCUT2D eigenvalue weighted by molar-refractivity contribution is -0.132. The second kappa shape index (κ2) is 11.7. The number of benzene rings is 1. The van der Waals surface area contributed by atoms with Gasteiger partial charge in [0.25, 0.3) is 5.91 Å². The number of aliphatic hydroxyl groups excluding tert-OH is 1. The number of rotatable bonds is 7. The number of likely N-dealkylation sites (tertiary alicyclic amines) is 1. The maximum Gasteiger partial charge on any atom is 0.252 e. The summed E-state index contributed by atoms with van der Waals surface area (Å²) in [6.45, 7) is 13.3. The normalized spacial score (nSPS) is 24.4. The van der Waals surface area contributed by atoms with E-state index in [9.17, 15) is 14.7 Å². The Balaban J connectivity index is 1.65. The summed E-state index contributed by atoms with van der Waals surface area (Å²) in [6.07, 6.45) is 5.24. The van der Waals surface area contributed by atoms with Crippen molar-refractivity contribution in [1.82, 2.24) is 15.5 Å². The van der Waals surface area contributed by atoms with Crippen LogP contribution < -0.4 is 10.6 Å². The number of hydrogen-bond donors (Lipinski definition) is 3. The third kappa shape index (κ3) is 8.50. The molecular weight excluding hydrogens is 458 g/mol. The Morgan fingerprint density at radius 2 is 1.66 bits per heavy atom. The maximum absolute atomic E-state index is 13.2. The predicted octanol–water partition coefficient (Wildman–Crippen LogP) is 4.46. The number of nitrogens with one attached hydrogen (secondary N) is 2. The van der Waals surface area contributed by atoms with Crippen molar-refractivity contribution >= 4 is 23.6 Å². The van der Waals surface area contributed by atoms with Crippen LogP contribution in [-0.2, 0) is 4.79 Å². The van der Waals surface area contributed by atoms with E-state index in [0.29, 0.717) is 29.7 Å². The molecule has 3 N–H and O–H groups in total. The van der Waals surface area contributed by atoms with Gasteiger partial charge in [-0.25, -0.2) is 0 Å². The van der Waals surface area contributed by atoms with Gasteiger partial charge in [0.15, 0.2) is 0 Å². The van der Waals surface area contributed by atoms with Crippen molar-refractivity contribution in [2.45, 2.75) is 102 Å². The second-order valence-electron chi connectivity index (χ2n) is 12.4. The van der Waals surface area contributed by atoms with Crippen LogP contribution in [0.25, 0.3) is 0 Å². The average molecular weight is 504 g/mol. The lowest BCUT2D eigenvalue weighted by Crippen LogP contribution is -2.58. The van der Waals surface area contributed by atoms with Crippen molar-refractivity contribution in [2.75, 3.05) is 18.8 Å². The first-order chi connectivity index (χ1) is 16.3. The van der Waals surface area contributed by atoms with Gasteiger partial charge < -0.3 is 15.7 Å². The van der Waals surface area contributed by atoms with E-state index < -0.39 is 6.10 Å². The molecule has 2 aliphatic rings. The van der Waals surface area contributed by atoms with Gasteiger partial charge in [0, 0.05) is 34.8 Å². The first-order valence-electron chi connectivity index (χ1n) is 13.1. The molecule has 0 radical (unpaired) electrons. The number of hydrogen-bond acceptors (Lipinski definition) is 5. The van der Waals surface area contributed by atoms with Crippen molar-refractivity contribution in [3.8, 4) is 0 Å². The van der Waals surface area contributed by atoms with E-state index in [1.54, 1.807) is 0 Å². The van der Waals surface area contributed by atoms with Gasteiger partial charge in [-0.3, -0.25) is 14.5 Å². The topological polar surface area (TPSA) is 81.7 Å². The molecule has 1 aromatic carbocycles. The van der Waals surface area contributed by atoms with E-state index in [0.717, 1.165) is 17.9 Å². The summed E-state index contributed by atoms with van der Waals surface area (Å²) in [7, 11) is 0.